The third kappa shape index (κ3) is 7.28. The number of hydrogen-bond acceptors (Lipinski definition) is 4. The van der Waals surface area contributed by atoms with Gasteiger partial charge < -0.3 is 14.8 Å². The smallest absolute Gasteiger partial charge is 0.416 e. The molecule has 3 aromatic carbocycles. The lowest BCUT2D eigenvalue weighted by molar-refractivity contribution is -0.137. The highest BCUT2D eigenvalue weighted by Crippen LogP contribution is 2.40. The first kappa shape index (κ1) is 32.7. The lowest BCUT2D eigenvalue weighted by atomic mass is 9.77. The van der Waals surface area contributed by atoms with Crippen LogP contribution in [-0.4, -0.2) is 48.4 Å². The molecular formula is C32H32F6N2O4. The van der Waals surface area contributed by atoms with Crippen LogP contribution < -0.4 is 10.1 Å². The van der Waals surface area contributed by atoms with Crippen LogP contribution in [0.4, 0.5) is 31.1 Å². The van der Waals surface area contributed by atoms with Crippen molar-refractivity contribution >= 4 is 12.0 Å². The fourth-order valence-electron chi connectivity index (χ4n) is 5.24. The molecule has 1 aliphatic rings. The molecule has 1 fully saturated rings. The molecule has 6 nitrogen and oxygen atoms in total. The Bertz CT molecular complexity index is 1510. The van der Waals surface area contributed by atoms with Crippen LogP contribution in [0.2, 0.25) is 0 Å². The van der Waals surface area contributed by atoms with Gasteiger partial charge in [-0.15, -0.1) is 0 Å². The SMILES string of the molecule is COc1cc([C@@](Cc2ccccc2)(NC(=O)[C@@H]2C[C@@H](F)CN2C(=O)OC(C)(C)C)c2cc(F)cc(C(F)(F)F)c2)ccc1F. The number of hydrogen-bond donors (Lipinski definition) is 1. The average Bonchev–Trinajstić information content (AvgIpc) is 3.34. The molecule has 1 saturated heterocycles. The fraction of sp³-hybridized carbons (Fsp3) is 0.375. The maximum absolute atomic E-state index is 15.0. The summed E-state index contributed by atoms with van der Waals surface area (Å²) in [7, 11) is 1.18. The van der Waals surface area contributed by atoms with E-state index in [0.29, 0.717) is 17.7 Å². The summed E-state index contributed by atoms with van der Waals surface area (Å²) in [5.74, 6) is -3.26. The number of rotatable bonds is 7. The van der Waals surface area contributed by atoms with Gasteiger partial charge in [0.15, 0.2) is 11.6 Å². The second-order valence-electron chi connectivity index (χ2n) is 11.6. The molecule has 2 amide bonds. The van der Waals surface area contributed by atoms with Crippen LogP contribution in [0.15, 0.2) is 66.7 Å². The Morgan fingerprint density at radius 2 is 1.59 bits per heavy atom. The van der Waals surface area contributed by atoms with E-state index in [-0.39, 0.29) is 23.3 Å². The summed E-state index contributed by atoms with van der Waals surface area (Å²) in [6.07, 6.45) is -8.18. The first-order valence-corrected chi connectivity index (χ1v) is 13.7. The number of ether oxygens (including phenoxy) is 2. The summed E-state index contributed by atoms with van der Waals surface area (Å²) < 4.78 is 96.6. The van der Waals surface area contributed by atoms with Crippen molar-refractivity contribution < 1.29 is 45.4 Å². The first-order valence-electron chi connectivity index (χ1n) is 13.7. The van der Waals surface area contributed by atoms with Crippen LogP contribution in [0, 0.1) is 11.6 Å². The molecule has 1 N–H and O–H groups in total. The standard InChI is InChI=1S/C32H32F6N2O4/c1-30(2,3)44-29(42)40-18-24(34)16-26(40)28(41)39-31(17-19-8-6-5-7-9-19,20-10-11-25(35)27(15-20)43-4)21-12-22(32(36,37)38)14-23(33)13-21/h5-15,24,26H,16-18H2,1-4H3,(H,39,41)/t24-,26+,31-/m1/s1. The van der Waals surface area contributed by atoms with Crippen LogP contribution in [0.1, 0.15) is 49.4 Å². The first-order chi connectivity index (χ1) is 20.5. The Morgan fingerprint density at radius 3 is 2.20 bits per heavy atom. The number of methoxy groups -OCH3 is 1. The lowest BCUT2D eigenvalue weighted by Gasteiger charge is -2.38. The van der Waals surface area contributed by atoms with Gasteiger partial charge in [0, 0.05) is 12.8 Å². The van der Waals surface area contributed by atoms with Crippen LogP contribution in [-0.2, 0) is 27.7 Å². The number of nitrogens with one attached hydrogen (secondary N) is 1. The van der Waals surface area contributed by atoms with E-state index in [1.165, 1.54) is 19.2 Å². The number of benzene rings is 3. The van der Waals surface area contributed by atoms with Crippen molar-refractivity contribution in [2.24, 2.45) is 0 Å². The van der Waals surface area contributed by atoms with Crippen molar-refractivity contribution in [3.05, 3.63) is 101 Å². The minimum atomic E-state index is -4.96. The maximum atomic E-state index is 15.0. The van der Waals surface area contributed by atoms with E-state index in [4.69, 9.17) is 9.47 Å². The van der Waals surface area contributed by atoms with E-state index >= 15 is 0 Å². The van der Waals surface area contributed by atoms with Crippen LogP contribution >= 0.6 is 0 Å². The van der Waals surface area contributed by atoms with E-state index in [2.05, 4.69) is 5.32 Å². The molecule has 44 heavy (non-hydrogen) atoms. The number of alkyl halides is 4. The number of carbonyl (C=O) groups excluding carboxylic acids is 2. The minimum Gasteiger partial charge on any atom is -0.494 e. The summed E-state index contributed by atoms with van der Waals surface area (Å²) >= 11 is 0. The third-order valence-corrected chi connectivity index (χ3v) is 7.19. The van der Waals surface area contributed by atoms with Crippen molar-refractivity contribution in [3.63, 3.8) is 0 Å². The summed E-state index contributed by atoms with van der Waals surface area (Å²) in [5, 5.41) is 2.73. The number of likely N-dealkylation sites (tertiary alicyclic amines) is 1. The predicted molar refractivity (Wildman–Crippen MR) is 150 cm³/mol. The van der Waals surface area contributed by atoms with Crippen LogP contribution in [0.25, 0.3) is 0 Å². The molecule has 4 rings (SSSR count). The highest BCUT2D eigenvalue weighted by atomic mass is 19.4. The second-order valence-corrected chi connectivity index (χ2v) is 11.6. The predicted octanol–water partition coefficient (Wildman–Crippen LogP) is 6.94. The van der Waals surface area contributed by atoms with E-state index in [9.17, 15) is 35.9 Å². The molecular weight excluding hydrogens is 590 g/mol. The third-order valence-electron chi connectivity index (χ3n) is 7.19. The molecule has 0 spiro atoms. The quantitative estimate of drug-likeness (QED) is 0.290. The molecule has 1 aliphatic heterocycles. The van der Waals surface area contributed by atoms with Gasteiger partial charge >= 0.3 is 12.3 Å². The monoisotopic (exact) mass is 622 g/mol. The van der Waals surface area contributed by atoms with Gasteiger partial charge in [0.2, 0.25) is 5.91 Å². The normalized spacial score (nSPS) is 18.5. The maximum Gasteiger partial charge on any atom is 0.416 e. The molecule has 12 heteroatoms. The largest absolute Gasteiger partial charge is 0.494 e. The van der Waals surface area contributed by atoms with E-state index in [0.717, 1.165) is 17.0 Å². The Labute approximate surface area is 251 Å². The van der Waals surface area contributed by atoms with E-state index in [1.807, 2.05) is 0 Å². The van der Waals surface area contributed by atoms with E-state index in [1.54, 1.807) is 51.1 Å². The zero-order valence-electron chi connectivity index (χ0n) is 24.5. The van der Waals surface area contributed by atoms with Crippen LogP contribution in [0.5, 0.6) is 5.75 Å². The Kier molecular flexibility index (Phi) is 9.22. The zero-order valence-corrected chi connectivity index (χ0v) is 24.5. The Balaban J connectivity index is 1.94. The van der Waals surface area contributed by atoms with Crippen molar-refractivity contribution in [2.45, 2.75) is 63.1 Å². The molecule has 3 aromatic rings. The Hall–Kier alpha value is -4.22. The molecule has 1 heterocycles. The van der Waals surface area contributed by atoms with Crippen molar-refractivity contribution in [3.8, 4) is 5.75 Å². The molecule has 0 radical (unpaired) electrons. The summed E-state index contributed by atoms with van der Waals surface area (Å²) in [4.78, 5) is 27.9. The summed E-state index contributed by atoms with van der Waals surface area (Å²) in [6, 6.07) is 12.2. The summed E-state index contributed by atoms with van der Waals surface area (Å²) in [6.45, 7) is 4.33. The number of carbonyl (C=O) groups is 2. The number of halogens is 6. The second kappa shape index (κ2) is 12.4. The van der Waals surface area contributed by atoms with Gasteiger partial charge in [-0.05, 0) is 67.8 Å². The van der Waals surface area contributed by atoms with Gasteiger partial charge in [-0.25, -0.2) is 18.0 Å². The molecule has 236 valence electrons. The molecule has 0 saturated carbocycles. The minimum absolute atomic E-state index is 0.0466. The molecule has 0 aromatic heterocycles. The molecule has 3 atom stereocenters. The number of amides is 2. The summed E-state index contributed by atoms with van der Waals surface area (Å²) in [5.41, 5.74) is -4.06. The molecule has 0 aliphatic carbocycles. The highest BCUT2D eigenvalue weighted by molar-refractivity contribution is 5.87. The van der Waals surface area contributed by atoms with Gasteiger partial charge in [-0.2, -0.15) is 13.2 Å². The fourth-order valence-corrected chi connectivity index (χ4v) is 5.24. The van der Waals surface area contributed by atoms with Gasteiger partial charge in [0.25, 0.3) is 0 Å². The van der Waals surface area contributed by atoms with Gasteiger partial charge in [0.05, 0.1) is 24.8 Å². The van der Waals surface area contributed by atoms with E-state index < -0.39 is 71.7 Å². The lowest BCUT2D eigenvalue weighted by Crippen LogP contribution is -2.55. The van der Waals surface area contributed by atoms with Crippen molar-refractivity contribution in [2.75, 3.05) is 13.7 Å². The highest BCUT2D eigenvalue weighted by Gasteiger charge is 2.46. The molecule has 0 bridgehead atoms. The number of nitrogens with zero attached hydrogens (tertiary/aromatic N) is 1. The van der Waals surface area contributed by atoms with Gasteiger partial charge in [-0.1, -0.05) is 36.4 Å². The van der Waals surface area contributed by atoms with Crippen molar-refractivity contribution in [1.29, 1.82) is 0 Å². The van der Waals surface area contributed by atoms with Crippen LogP contribution in [0.3, 0.4) is 0 Å². The van der Waals surface area contributed by atoms with Gasteiger partial charge in [-0.3, -0.25) is 9.69 Å². The molecule has 0 unspecified atom stereocenters. The average molecular weight is 623 g/mol. The zero-order chi connectivity index (χ0) is 32.4. The van der Waals surface area contributed by atoms with Gasteiger partial charge in [0.1, 0.15) is 23.6 Å². The Morgan fingerprint density at radius 1 is 0.932 bits per heavy atom. The van der Waals surface area contributed by atoms with Crippen molar-refractivity contribution in [1.82, 2.24) is 10.2 Å². The topological polar surface area (TPSA) is 67.9 Å².